The predicted octanol–water partition coefficient (Wildman–Crippen LogP) is 15.3. The summed E-state index contributed by atoms with van der Waals surface area (Å²) in [5, 5.41) is 9.77. The molecule has 0 spiro atoms. The normalized spacial score (nSPS) is 14.1. The summed E-state index contributed by atoms with van der Waals surface area (Å²) in [6.45, 7) is 0. The van der Waals surface area contributed by atoms with Crippen molar-refractivity contribution in [3.8, 4) is 45.2 Å². The molecule has 13 rings (SSSR count). The Labute approximate surface area is 373 Å². The zero-order valence-electron chi connectivity index (χ0n) is 34.6. The summed E-state index contributed by atoms with van der Waals surface area (Å²) in [6, 6.07) is 66.8. The van der Waals surface area contributed by atoms with Crippen LogP contribution in [-0.4, -0.2) is 24.5 Å². The molecular weight excluding hydrogens is 799 g/mol. The Morgan fingerprint density at radius 1 is 0.438 bits per heavy atom. The minimum atomic E-state index is -0.00333. The zero-order valence-corrected chi connectivity index (χ0v) is 35.4. The first kappa shape index (κ1) is 36.6. The second-order valence-electron chi connectivity index (χ2n) is 16.5. The minimum absolute atomic E-state index is 0.00333. The molecule has 12 aromatic rings. The van der Waals surface area contributed by atoms with E-state index >= 15 is 0 Å². The molecular formula is C58H37N5S. The molecule has 0 amide bonds. The lowest BCUT2D eigenvalue weighted by Gasteiger charge is -2.18. The van der Waals surface area contributed by atoms with Crippen LogP contribution in [0.15, 0.2) is 206 Å². The van der Waals surface area contributed by atoms with Crippen LogP contribution in [0.4, 0.5) is 0 Å². The molecule has 1 unspecified atom stereocenters. The molecule has 0 saturated heterocycles. The van der Waals surface area contributed by atoms with Crippen LogP contribution >= 0.6 is 11.3 Å². The zero-order chi connectivity index (χ0) is 42.1. The molecule has 6 heteroatoms. The number of hydrogen-bond acceptors (Lipinski definition) is 5. The fraction of sp³-hybridized carbons (Fsp3) is 0.0345. The van der Waals surface area contributed by atoms with Gasteiger partial charge in [-0.05, 0) is 58.0 Å². The highest BCUT2D eigenvalue weighted by Crippen LogP contribution is 2.44. The summed E-state index contributed by atoms with van der Waals surface area (Å²) in [6.07, 6.45) is 7.57. The van der Waals surface area contributed by atoms with Gasteiger partial charge in [-0.3, -0.25) is 0 Å². The Hall–Kier alpha value is -8.06. The molecule has 0 N–H and O–H groups in total. The molecule has 0 bridgehead atoms. The number of rotatable bonds is 6. The Kier molecular flexibility index (Phi) is 8.46. The lowest BCUT2D eigenvalue weighted by molar-refractivity contribution is 0.763. The number of allylic oxidation sites excluding steroid dienone is 4. The van der Waals surface area contributed by atoms with Gasteiger partial charge in [0.05, 0.1) is 16.7 Å². The molecule has 1 atom stereocenters. The maximum absolute atomic E-state index is 5.41. The first-order valence-electron chi connectivity index (χ1n) is 21.7. The van der Waals surface area contributed by atoms with E-state index in [9.17, 15) is 0 Å². The van der Waals surface area contributed by atoms with E-state index in [1.807, 2.05) is 18.2 Å². The summed E-state index contributed by atoms with van der Waals surface area (Å²) >= 11 is 1.77. The lowest BCUT2D eigenvalue weighted by Crippen LogP contribution is -2.09. The van der Waals surface area contributed by atoms with Crippen LogP contribution in [0.5, 0.6) is 0 Å². The van der Waals surface area contributed by atoms with Crippen molar-refractivity contribution in [1.82, 2.24) is 24.5 Å². The standard InChI is InChI=1S/C58H37N5S/c1-2-14-37(15-3-1)55-60-56(62-57(61-55)39-30-32-40(33-31-39)63-50-23-11-8-18-44(50)45-19-9-12-24-51(45)63)38-28-26-36(27-29-38)41-34-35-48(43-17-5-4-16-42(41)43)54-47-21-7-6-20-46(47)53-49-22-10-13-25-52(49)64-58(53)59-54/h1-30,32-35,39H,31H2. The van der Waals surface area contributed by atoms with Crippen LogP contribution in [0.25, 0.3) is 115 Å². The highest BCUT2D eigenvalue weighted by Gasteiger charge is 2.22. The van der Waals surface area contributed by atoms with E-state index in [1.165, 1.54) is 53.4 Å². The first-order chi connectivity index (χ1) is 31.7. The van der Waals surface area contributed by atoms with Gasteiger partial charge in [0.15, 0.2) is 11.6 Å². The fourth-order valence-corrected chi connectivity index (χ4v) is 10.9. The van der Waals surface area contributed by atoms with Gasteiger partial charge in [-0.15, -0.1) is 11.3 Å². The molecule has 1 aliphatic carbocycles. The van der Waals surface area contributed by atoms with Crippen molar-refractivity contribution >= 4 is 80.7 Å². The van der Waals surface area contributed by atoms with Crippen LogP contribution in [-0.2, 0) is 0 Å². The van der Waals surface area contributed by atoms with Crippen molar-refractivity contribution in [3.05, 3.63) is 212 Å². The molecule has 8 aromatic carbocycles. The number of hydrogen-bond donors (Lipinski definition) is 0. The Morgan fingerprint density at radius 2 is 0.984 bits per heavy atom. The quantitative estimate of drug-likeness (QED) is 0.167. The van der Waals surface area contributed by atoms with Gasteiger partial charge in [-0.2, -0.15) is 0 Å². The van der Waals surface area contributed by atoms with Crippen molar-refractivity contribution in [2.24, 2.45) is 0 Å². The number of nitrogens with zero attached hydrogens (tertiary/aromatic N) is 5. The van der Waals surface area contributed by atoms with Crippen LogP contribution in [0, 0.1) is 0 Å². The number of thiophene rings is 1. The van der Waals surface area contributed by atoms with Crippen molar-refractivity contribution in [3.63, 3.8) is 0 Å². The van der Waals surface area contributed by atoms with E-state index in [0.717, 1.165) is 61.7 Å². The van der Waals surface area contributed by atoms with Crippen LogP contribution < -0.4 is 0 Å². The number of pyridine rings is 1. The Morgan fingerprint density at radius 3 is 1.67 bits per heavy atom. The molecule has 5 nitrogen and oxygen atoms in total. The summed E-state index contributed by atoms with van der Waals surface area (Å²) in [5.41, 5.74) is 9.90. The monoisotopic (exact) mass is 835 g/mol. The highest BCUT2D eigenvalue weighted by atomic mass is 32.1. The molecule has 0 radical (unpaired) electrons. The lowest BCUT2D eigenvalue weighted by atomic mass is 9.91. The summed E-state index contributed by atoms with van der Waals surface area (Å²) < 4.78 is 3.63. The molecule has 0 fully saturated rings. The average molecular weight is 836 g/mol. The third-order valence-electron chi connectivity index (χ3n) is 12.8. The summed E-state index contributed by atoms with van der Waals surface area (Å²) in [7, 11) is 0. The van der Waals surface area contributed by atoms with Crippen LogP contribution in [0.1, 0.15) is 18.2 Å². The van der Waals surface area contributed by atoms with Crippen molar-refractivity contribution in [2.45, 2.75) is 12.3 Å². The van der Waals surface area contributed by atoms with Gasteiger partial charge in [0.1, 0.15) is 10.7 Å². The molecule has 300 valence electrons. The molecule has 0 aliphatic heterocycles. The SMILES string of the molecule is C1=CC(c2nc(-c3ccccc3)nc(-c3ccc(-c4ccc(-c5nc6sc7ccccc7c6c6ccccc56)c5ccccc45)cc3)n2)CC=C1n1c2ccccc2c2ccccc21. The van der Waals surface area contributed by atoms with Gasteiger partial charge in [0, 0.05) is 59.9 Å². The number of para-hydroxylation sites is 2. The topological polar surface area (TPSA) is 56.5 Å². The fourth-order valence-electron chi connectivity index (χ4n) is 9.77. The van der Waals surface area contributed by atoms with Crippen molar-refractivity contribution in [2.75, 3.05) is 0 Å². The largest absolute Gasteiger partial charge is 0.310 e. The molecule has 1 aliphatic rings. The van der Waals surface area contributed by atoms with Gasteiger partial charge in [-0.25, -0.2) is 19.9 Å². The van der Waals surface area contributed by atoms with E-state index in [-0.39, 0.29) is 5.92 Å². The van der Waals surface area contributed by atoms with Gasteiger partial charge in [0.25, 0.3) is 0 Å². The summed E-state index contributed by atoms with van der Waals surface area (Å²) in [5.74, 6) is 2.09. The number of benzene rings is 8. The first-order valence-corrected chi connectivity index (χ1v) is 22.6. The predicted molar refractivity (Wildman–Crippen MR) is 267 cm³/mol. The van der Waals surface area contributed by atoms with Gasteiger partial charge in [-0.1, -0.05) is 182 Å². The summed E-state index contributed by atoms with van der Waals surface area (Å²) in [4.78, 5) is 21.8. The minimum Gasteiger partial charge on any atom is -0.310 e. The van der Waals surface area contributed by atoms with E-state index in [4.69, 9.17) is 19.9 Å². The molecule has 64 heavy (non-hydrogen) atoms. The van der Waals surface area contributed by atoms with Crippen LogP contribution in [0.2, 0.25) is 0 Å². The van der Waals surface area contributed by atoms with Crippen LogP contribution in [0.3, 0.4) is 0 Å². The van der Waals surface area contributed by atoms with Gasteiger partial charge >= 0.3 is 0 Å². The number of fused-ring (bicyclic) bond motifs is 9. The Bertz CT molecular complexity index is 3820. The maximum Gasteiger partial charge on any atom is 0.163 e. The second-order valence-corrected chi connectivity index (χ2v) is 17.5. The van der Waals surface area contributed by atoms with Crippen molar-refractivity contribution < 1.29 is 0 Å². The van der Waals surface area contributed by atoms with E-state index in [2.05, 4.69) is 193 Å². The molecule has 0 saturated carbocycles. The van der Waals surface area contributed by atoms with E-state index in [1.54, 1.807) is 11.3 Å². The maximum atomic E-state index is 5.41. The van der Waals surface area contributed by atoms with Gasteiger partial charge < -0.3 is 4.57 Å². The smallest absolute Gasteiger partial charge is 0.163 e. The average Bonchev–Trinajstić information content (AvgIpc) is 3.92. The van der Waals surface area contributed by atoms with E-state index < -0.39 is 0 Å². The third kappa shape index (κ3) is 5.91. The third-order valence-corrected chi connectivity index (χ3v) is 13.9. The molecule has 4 heterocycles. The van der Waals surface area contributed by atoms with Gasteiger partial charge in [0.2, 0.25) is 0 Å². The van der Waals surface area contributed by atoms with E-state index in [0.29, 0.717) is 11.6 Å². The highest BCUT2D eigenvalue weighted by molar-refractivity contribution is 7.25. The van der Waals surface area contributed by atoms with Crippen molar-refractivity contribution in [1.29, 1.82) is 0 Å². The Balaban J connectivity index is 0.867. The molecule has 4 aromatic heterocycles. The second kappa shape index (κ2) is 14.8. The number of aromatic nitrogens is 5.